The molecule has 1 aromatic carbocycles. The average Bonchev–Trinajstić information content (AvgIpc) is 2.71. The molecule has 1 heterocycles. The maximum absolute atomic E-state index is 11.6. The summed E-state index contributed by atoms with van der Waals surface area (Å²) < 4.78 is 10.5. The van der Waals surface area contributed by atoms with Gasteiger partial charge in [0.1, 0.15) is 0 Å². The van der Waals surface area contributed by atoms with Crippen LogP contribution < -0.4 is 20.4 Å². The topological polar surface area (TPSA) is 125 Å². The number of methoxy groups -OCH3 is 2. The molecule has 2 rings (SSSR count). The zero-order valence-electron chi connectivity index (χ0n) is 18.2. The van der Waals surface area contributed by atoms with E-state index in [4.69, 9.17) is 15.2 Å². The Morgan fingerprint density at radius 1 is 1.37 bits per heavy atom. The number of hydrogen-bond donors (Lipinski definition) is 3. The third-order valence-corrected chi connectivity index (χ3v) is 4.79. The van der Waals surface area contributed by atoms with Gasteiger partial charge in [-0.25, -0.2) is 5.01 Å². The zero-order chi connectivity index (χ0) is 22.3. The van der Waals surface area contributed by atoms with E-state index >= 15 is 0 Å². The number of hydrazone groups is 1. The van der Waals surface area contributed by atoms with Gasteiger partial charge in [-0.2, -0.15) is 5.10 Å². The molecule has 0 bridgehead atoms. The predicted octanol–water partition coefficient (Wildman–Crippen LogP) is 1.02. The number of hydrogen-bond acceptors (Lipinski definition) is 9. The van der Waals surface area contributed by atoms with Crippen molar-refractivity contribution in [2.24, 2.45) is 21.7 Å². The Labute approximate surface area is 177 Å². The van der Waals surface area contributed by atoms with Gasteiger partial charge >= 0.3 is 13.1 Å². The molecule has 0 spiro atoms. The van der Waals surface area contributed by atoms with Gasteiger partial charge in [0.15, 0.2) is 11.5 Å². The summed E-state index contributed by atoms with van der Waals surface area (Å²) >= 11 is 0. The molecule has 11 heteroatoms. The van der Waals surface area contributed by atoms with Crippen LogP contribution in [0.25, 0.3) is 0 Å². The lowest BCUT2D eigenvalue weighted by molar-refractivity contribution is -0.141. The third kappa shape index (κ3) is 6.10. The highest BCUT2D eigenvalue weighted by Gasteiger charge is 2.37. The normalized spacial score (nSPS) is 16.1. The summed E-state index contributed by atoms with van der Waals surface area (Å²) in [5.41, 5.74) is 6.88. The van der Waals surface area contributed by atoms with Gasteiger partial charge in [-0.15, -0.1) is 0 Å². The van der Waals surface area contributed by atoms with Crippen LogP contribution in [0.15, 0.2) is 28.2 Å². The number of nitrogens with one attached hydrogen (secondary N) is 1. The first-order chi connectivity index (χ1) is 14.3. The van der Waals surface area contributed by atoms with Gasteiger partial charge in [0.2, 0.25) is 5.96 Å². The highest BCUT2D eigenvalue weighted by Crippen LogP contribution is 2.27. The number of carboxylic acid groups (broad SMARTS) is 1. The van der Waals surface area contributed by atoms with Crippen molar-refractivity contribution < 1.29 is 19.4 Å². The van der Waals surface area contributed by atoms with Gasteiger partial charge in [-0.3, -0.25) is 14.5 Å². The van der Waals surface area contributed by atoms with Gasteiger partial charge in [-0.1, -0.05) is 13.8 Å². The molecule has 1 aromatic rings. The molecule has 0 saturated heterocycles. The number of aliphatic carboxylic acids is 1. The minimum atomic E-state index is -0.940. The highest BCUT2D eigenvalue weighted by molar-refractivity contribution is 6.53. The number of benzene rings is 1. The van der Waals surface area contributed by atoms with Gasteiger partial charge in [0, 0.05) is 0 Å². The smallest absolute Gasteiger partial charge is 0.458 e. The monoisotopic (exact) mass is 418 g/mol. The lowest BCUT2D eigenvalue weighted by Crippen LogP contribution is -2.63. The second-order valence-corrected chi connectivity index (χ2v) is 7.43. The Kier molecular flexibility index (Phi) is 8.49. The molecule has 1 atom stereocenters. The number of carbonyl (C=O) groups is 1. The van der Waals surface area contributed by atoms with E-state index in [9.17, 15) is 9.90 Å². The number of guanidine groups is 1. The largest absolute Gasteiger partial charge is 0.493 e. The number of carboxylic acids is 1. The first-order valence-corrected chi connectivity index (χ1v) is 9.85. The Morgan fingerprint density at radius 3 is 2.67 bits per heavy atom. The molecular weight excluding hydrogens is 387 g/mol. The van der Waals surface area contributed by atoms with Crippen molar-refractivity contribution in [1.82, 2.24) is 15.0 Å². The Balaban J connectivity index is 2.20. The Morgan fingerprint density at radius 2 is 2.07 bits per heavy atom. The standard InChI is InChI=1S/C19H31BN6O4/c1-13(2)8-9-22-20-24-19(21)26(12-25(20)14(3)18(27)28)23-11-15-6-7-16(29-4)17(10-15)30-5/h6-7,10-11,13-14,22H,8-9,12H2,1-5H3,(H2,21,24)(H,27,28)/b23-11+. The third-order valence-electron chi connectivity index (χ3n) is 4.79. The first kappa shape index (κ1) is 23.5. The lowest BCUT2D eigenvalue weighted by atomic mass is 9.88. The van der Waals surface area contributed by atoms with E-state index in [1.165, 1.54) is 5.01 Å². The van der Waals surface area contributed by atoms with E-state index in [2.05, 4.69) is 29.1 Å². The van der Waals surface area contributed by atoms with Crippen LogP contribution in [0.1, 0.15) is 32.8 Å². The summed E-state index contributed by atoms with van der Waals surface area (Å²) in [5, 5.41) is 18.6. The summed E-state index contributed by atoms with van der Waals surface area (Å²) in [6.45, 7) is 6.76. The molecule has 164 valence electrons. The van der Waals surface area contributed by atoms with Crippen LogP contribution in [0.4, 0.5) is 0 Å². The van der Waals surface area contributed by atoms with E-state index < -0.39 is 19.1 Å². The Bertz CT molecular complexity index is 788. The SMILES string of the molecule is COc1ccc(/C=N/N2CN(C(C)C(=O)O)B(NCCC(C)C)N=C2N)cc1OC. The van der Waals surface area contributed by atoms with Crippen LogP contribution in [0.3, 0.4) is 0 Å². The molecule has 0 fully saturated rings. The maximum Gasteiger partial charge on any atom is 0.458 e. The molecule has 0 aliphatic carbocycles. The summed E-state index contributed by atoms with van der Waals surface area (Å²) in [7, 11) is 2.61. The van der Waals surface area contributed by atoms with Crippen LogP contribution >= 0.6 is 0 Å². The molecule has 0 aromatic heterocycles. The van der Waals surface area contributed by atoms with Crippen LogP contribution in [0.2, 0.25) is 0 Å². The molecule has 1 unspecified atom stereocenters. The maximum atomic E-state index is 11.6. The zero-order valence-corrected chi connectivity index (χ0v) is 18.2. The van der Waals surface area contributed by atoms with Gasteiger partial charge in [-0.05, 0) is 49.6 Å². The minimum absolute atomic E-state index is 0.186. The molecule has 1 aliphatic rings. The van der Waals surface area contributed by atoms with Crippen molar-refractivity contribution in [1.29, 1.82) is 0 Å². The quantitative estimate of drug-likeness (QED) is 0.380. The minimum Gasteiger partial charge on any atom is -0.493 e. The van der Waals surface area contributed by atoms with Crippen molar-refractivity contribution in [3.05, 3.63) is 23.8 Å². The van der Waals surface area contributed by atoms with E-state index in [-0.39, 0.29) is 12.6 Å². The molecular formula is C19H31BN6O4. The summed E-state index contributed by atoms with van der Waals surface area (Å²) in [5.74, 6) is 0.992. The van der Waals surface area contributed by atoms with Crippen molar-refractivity contribution in [3.8, 4) is 11.5 Å². The molecule has 0 saturated carbocycles. The number of nitrogens with two attached hydrogens (primary N) is 1. The molecule has 30 heavy (non-hydrogen) atoms. The van der Waals surface area contributed by atoms with Crippen molar-refractivity contribution in [3.63, 3.8) is 0 Å². The first-order valence-electron chi connectivity index (χ1n) is 9.85. The average molecular weight is 418 g/mol. The van der Waals surface area contributed by atoms with Gasteiger partial charge < -0.3 is 25.5 Å². The van der Waals surface area contributed by atoms with Crippen LogP contribution in [0, 0.1) is 5.92 Å². The van der Waals surface area contributed by atoms with Crippen molar-refractivity contribution in [2.75, 3.05) is 27.4 Å². The van der Waals surface area contributed by atoms with Crippen LogP contribution in [-0.2, 0) is 4.79 Å². The lowest BCUT2D eigenvalue weighted by Gasteiger charge is -2.37. The van der Waals surface area contributed by atoms with E-state index in [1.54, 1.807) is 44.3 Å². The summed E-state index contributed by atoms with van der Waals surface area (Å²) in [6.07, 6.45) is 2.56. The molecule has 1 aliphatic heterocycles. The van der Waals surface area contributed by atoms with Gasteiger partial charge in [0.05, 0.1) is 33.1 Å². The predicted molar refractivity (Wildman–Crippen MR) is 118 cm³/mol. The number of nitrogens with zero attached hydrogens (tertiary/aromatic N) is 4. The number of rotatable bonds is 10. The summed E-state index contributed by atoms with van der Waals surface area (Å²) in [6, 6.07) is 4.63. The second-order valence-electron chi connectivity index (χ2n) is 7.43. The highest BCUT2D eigenvalue weighted by atomic mass is 16.5. The van der Waals surface area contributed by atoms with Gasteiger partial charge in [0.25, 0.3) is 0 Å². The van der Waals surface area contributed by atoms with Crippen LogP contribution in [0.5, 0.6) is 11.5 Å². The fourth-order valence-corrected chi connectivity index (χ4v) is 2.88. The van der Waals surface area contributed by atoms with E-state index in [1.807, 2.05) is 6.07 Å². The summed E-state index contributed by atoms with van der Waals surface area (Å²) in [4.78, 5) is 17.7. The van der Waals surface area contributed by atoms with Crippen molar-refractivity contribution in [2.45, 2.75) is 33.2 Å². The molecule has 10 nitrogen and oxygen atoms in total. The van der Waals surface area contributed by atoms with E-state index in [0.717, 1.165) is 12.0 Å². The van der Waals surface area contributed by atoms with Crippen molar-refractivity contribution >= 4 is 25.3 Å². The fourth-order valence-electron chi connectivity index (χ4n) is 2.88. The van der Waals surface area contributed by atoms with E-state index in [0.29, 0.717) is 24.0 Å². The molecule has 4 N–H and O–H groups in total. The Hall–Kier alpha value is -2.79. The molecule has 0 radical (unpaired) electrons. The van der Waals surface area contributed by atoms with Crippen LogP contribution in [-0.4, -0.2) is 73.7 Å². The second kappa shape index (κ2) is 10.8. The molecule has 0 amide bonds. The fraction of sp³-hybridized carbons (Fsp3) is 0.526. The number of ether oxygens (including phenoxy) is 2.